The zero-order valence-electron chi connectivity index (χ0n) is 14.4. The van der Waals surface area contributed by atoms with Crippen molar-refractivity contribution in [1.29, 1.82) is 0 Å². The molecule has 0 amide bonds. The van der Waals surface area contributed by atoms with Crippen LogP contribution in [0.5, 0.6) is 0 Å². The summed E-state index contributed by atoms with van der Waals surface area (Å²) in [7, 11) is -16.9. The van der Waals surface area contributed by atoms with E-state index in [1.165, 1.54) is 0 Å². The fourth-order valence-corrected chi connectivity index (χ4v) is 6.27. The lowest BCUT2D eigenvalue weighted by atomic mass is 10.2. The Morgan fingerprint density at radius 2 is 1.93 bits per heavy atom. The minimum absolute atomic E-state index is 0.265. The lowest BCUT2D eigenvalue weighted by Gasteiger charge is -2.30. The molecule has 2 heterocycles. The number of phosphoric ester groups is 1. The molecule has 4 atom stereocenters. The van der Waals surface area contributed by atoms with Gasteiger partial charge in [0.25, 0.3) is 0 Å². The number of nitrogens with two attached hydrogens (primary N) is 1. The molecule has 0 radical (unpaired) electrons. The summed E-state index contributed by atoms with van der Waals surface area (Å²) in [6, 6.07) is 0. The lowest BCUT2D eigenvalue weighted by molar-refractivity contribution is -0.127. The minimum Gasteiger partial charge on any atom is -0.393 e. The molecule has 2 unspecified atom stereocenters. The summed E-state index contributed by atoms with van der Waals surface area (Å²) in [5.41, 5.74) is 0.988. The van der Waals surface area contributed by atoms with Crippen molar-refractivity contribution in [3.63, 3.8) is 0 Å². The summed E-state index contributed by atoms with van der Waals surface area (Å²) >= 11 is 0.897. The highest BCUT2D eigenvalue weighted by Crippen LogP contribution is 2.66. The number of phosphoric acid groups is 3. The van der Waals surface area contributed by atoms with Gasteiger partial charge in [-0.15, -0.1) is 11.8 Å². The average molecular weight is 517 g/mol. The largest absolute Gasteiger partial charge is 0.490 e. The molecule has 2 rings (SSSR count). The van der Waals surface area contributed by atoms with E-state index < -0.39 is 65.2 Å². The van der Waals surface area contributed by atoms with Crippen LogP contribution in [0.3, 0.4) is 0 Å². The molecule has 16 nitrogen and oxygen atoms in total. The third-order valence-corrected chi connectivity index (χ3v) is 8.23. The van der Waals surface area contributed by atoms with Crippen molar-refractivity contribution in [3.05, 3.63) is 22.5 Å². The van der Waals surface area contributed by atoms with E-state index in [0.29, 0.717) is 10.8 Å². The number of rotatable bonds is 9. The van der Waals surface area contributed by atoms with E-state index in [4.69, 9.17) is 25.2 Å². The quantitative estimate of drug-likeness (QED) is 0.216. The van der Waals surface area contributed by atoms with Crippen molar-refractivity contribution in [1.82, 2.24) is 9.55 Å². The molecule has 1 aliphatic heterocycles. The number of hydrogen-bond donors (Lipinski definition) is 6. The van der Waals surface area contributed by atoms with Crippen molar-refractivity contribution >= 4 is 41.0 Å². The van der Waals surface area contributed by atoms with Gasteiger partial charge in [-0.1, -0.05) is 0 Å². The second-order valence-electron chi connectivity index (χ2n) is 5.48. The van der Waals surface area contributed by atoms with Crippen molar-refractivity contribution < 1.29 is 60.6 Å². The summed E-state index contributed by atoms with van der Waals surface area (Å²) in [4.78, 5) is 51.1. The van der Waals surface area contributed by atoms with Gasteiger partial charge in [-0.05, 0) is 0 Å². The first-order chi connectivity index (χ1) is 13.6. The topological polar surface area (TPSA) is 250 Å². The first-order valence-electron chi connectivity index (χ1n) is 7.32. The molecule has 1 aromatic heterocycles. The fourth-order valence-electron chi connectivity index (χ4n) is 2.12. The third-order valence-electron chi connectivity index (χ3n) is 3.21. The Balaban J connectivity index is 2.30. The number of anilines is 1. The number of hydrogen-bond acceptors (Lipinski definition) is 12. The first kappa shape index (κ1) is 25.5. The number of thioether (sulfide) groups is 1. The molecule has 0 aliphatic carbocycles. The van der Waals surface area contributed by atoms with Crippen LogP contribution in [0.4, 0.5) is 10.2 Å². The molecule has 1 saturated heterocycles. The van der Waals surface area contributed by atoms with Gasteiger partial charge in [0.15, 0.2) is 17.4 Å². The van der Waals surface area contributed by atoms with Crippen molar-refractivity contribution in [2.75, 3.05) is 24.7 Å². The Hall–Kier alpha value is -0.710. The summed E-state index contributed by atoms with van der Waals surface area (Å²) in [5, 5.41) is 9.23. The van der Waals surface area contributed by atoms with Gasteiger partial charge in [-0.25, -0.2) is 22.9 Å². The molecule has 30 heavy (non-hydrogen) atoms. The Morgan fingerprint density at radius 3 is 2.47 bits per heavy atom. The third kappa shape index (κ3) is 6.64. The normalized spacial score (nSPS) is 26.3. The molecule has 21 heteroatoms. The summed E-state index contributed by atoms with van der Waals surface area (Å²) in [6.07, 6.45) is 0.561. The number of nitrogen functional groups attached to an aromatic ring is 1. The van der Waals surface area contributed by atoms with Gasteiger partial charge >= 0.3 is 29.2 Å². The van der Waals surface area contributed by atoms with Crippen LogP contribution in [0.25, 0.3) is 0 Å². The van der Waals surface area contributed by atoms with Gasteiger partial charge in [-0.3, -0.25) is 9.09 Å². The minimum atomic E-state index is -5.78. The second-order valence-corrected chi connectivity index (χ2v) is 11.0. The Bertz CT molecular complexity index is 1000. The van der Waals surface area contributed by atoms with Gasteiger partial charge in [0.2, 0.25) is 0 Å². The van der Waals surface area contributed by atoms with E-state index in [9.17, 15) is 32.9 Å². The van der Waals surface area contributed by atoms with E-state index in [0.717, 1.165) is 11.8 Å². The number of aliphatic hydroxyl groups is 1. The van der Waals surface area contributed by atoms with Gasteiger partial charge in [0, 0.05) is 5.75 Å². The number of halogens is 1. The van der Waals surface area contributed by atoms with Crippen LogP contribution in [0, 0.1) is 5.82 Å². The van der Waals surface area contributed by atoms with Crippen LogP contribution in [-0.4, -0.2) is 58.6 Å². The smallest absolute Gasteiger partial charge is 0.393 e. The van der Waals surface area contributed by atoms with Crippen molar-refractivity contribution in [3.8, 4) is 0 Å². The van der Waals surface area contributed by atoms with E-state index in [-0.39, 0.29) is 5.75 Å². The van der Waals surface area contributed by atoms with Gasteiger partial charge in [0.05, 0.1) is 12.8 Å². The SMILES string of the molecule is Nc1nc(=O)n([C@@]2(COP(=O)(O)OP(=O)(O)OP(=O)(O)O)CS[C@@H](CO)O2)cc1F. The van der Waals surface area contributed by atoms with E-state index >= 15 is 0 Å². The van der Waals surface area contributed by atoms with E-state index in [1.54, 1.807) is 0 Å². The van der Waals surface area contributed by atoms with Crippen LogP contribution in [0.2, 0.25) is 0 Å². The standard InChI is InChI=1S/C9H15FN3O13P3S/c10-5-1-13(8(15)12-7(5)11)9(4-30-6(2-14)24-9)3-23-28(19,20)26-29(21,22)25-27(16,17)18/h1,6,14H,2-4H2,(H,19,20)(H,21,22)(H2,11,12,15)(H2,16,17,18)/t6-,9+/m0/s1. The van der Waals surface area contributed by atoms with Crippen molar-refractivity contribution in [2.24, 2.45) is 0 Å². The maximum Gasteiger partial charge on any atom is 0.490 e. The van der Waals surface area contributed by atoms with Crippen molar-refractivity contribution in [2.45, 2.75) is 11.2 Å². The van der Waals surface area contributed by atoms with Crippen LogP contribution >= 0.6 is 35.2 Å². The Kier molecular flexibility index (Phi) is 7.69. The molecule has 7 N–H and O–H groups in total. The number of aliphatic hydroxyl groups excluding tert-OH is 1. The zero-order valence-corrected chi connectivity index (χ0v) is 17.9. The number of aromatic nitrogens is 2. The molecule has 1 aliphatic rings. The predicted octanol–water partition coefficient (Wildman–Crippen LogP) is -0.958. The lowest BCUT2D eigenvalue weighted by Crippen LogP contribution is -2.48. The van der Waals surface area contributed by atoms with Crippen LogP contribution in [-0.2, 0) is 37.3 Å². The highest BCUT2D eigenvalue weighted by molar-refractivity contribution is 8.00. The molecule has 1 aromatic rings. The van der Waals surface area contributed by atoms with Crippen LogP contribution in [0.15, 0.2) is 11.0 Å². The van der Waals surface area contributed by atoms with Gasteiger partial charge in [-0.2, -0.15) is 13.6 Å². The summed E-state index contributed by atoms with van der Waals surface area (Å²) < 4.78 is 65.3. The first-order valence-corrected chi connectivity index (χ1v) is 12.9. The maximum atomic E-state index is 13.8. The predicted molar refractivity (Wildman–Crippen MR) is 95.1 cm³/mol. The summed E-state index contributed by atoms with van der Waals surface area (Å²) in [5.74, 6) is -2.17. The maximum absolute atomic E-state index is 13.8. The van der Waals surface area contributed by atoms with Gasteiger partial charge < -0.3 is 35.2 Å². The molecule has 0 spiro atoms. The highest BCUT2D eigenvalue weighted by atomic mass is 32.2. The van der Waals surface area contributed by atoms with Crippen LogP contribution < -0.4 is 11.4 Å². The van der Waals surface area contributed by atoms with E-state index in [2.05, 4.69) is 18.1 Å². The molecule has 1 fully saturated rings. The molecule has 0 saturated carbocycles. The molecule has 0 bridgehead atoms. The number of ether oxygens (including phenoxy) is 1. The fraction of sp³-hybridized carbons (Fsp3) is 0.556. The molecular formula is C9H15FN3O13P3S. The molecular weight excluding hydrogens is 502 g/mol. The number of nitrogens with zero attached hydrogens (tertiary/aromatic N) is 2. The van der Waals surface area contributed by atoms with Crippen LogP contribution in [0.1, 0.15) is 0 Å². The monoisotopic (exact) mass is 517 g/mol. The highest BCUT2D eigenvalue weighted by Gasteiger charge is 2.48. The second kappa shape index (κ2) is 9.03. The molecule has 0 aromatic carbocycles. The Labute approximate surface area is 170 Å². The summed E-state index contributed by atoms with van der Waals surface area (Å²) in [6.45, 7) is -1.69. The molecule has 172 valence electrons. The zero-order chi connectivity index (χ0) is 23.0. The van der Waals surface area contributed by atoms with E-state index in [1.807, 2.05) is 0 Å². The Morgan fingerprint density at radius 1 is 1.30 bits per heavy atom. The average Bonchev–Trinajstić information content (AvgIpc) is 2.98. The van der Waals surface area contributed by atoms with Gasteiger partial charge in [0.1, 0.15) is 12.0 Å².